The normalized spacial score (nSPS) is 12.4. The van der Waals surface area contributed by atoms with Crippen LogP contribution in [0.1, 0.15) is 17.4 Å². The van der Waals surface area contributed by atoms with Crippen LogP contribution in [0, 0.1) is 10.1 Å². The van der Waals surface area contributed by atoms with Gasteiger partial charge in [-0.15, -0.1) is 0 Å². The second kappa shape index (κ2) is 4.97. The molecule has 0 fully saturated rings. The van der Waals surface area contributed by atoms with Gasteiger partial charge in [-0.3, -0.25) is 10.1 Å². The molecule has 0 aliphatic heterocycles. The fraction of sp³-hybridized carbons (Fsp3) is 0.0909. The Bertz CT molecular complexity index is 598. The molecule has 1 aromatic heterocycles. The highest BCUT2D eigenvalue weighted by molar-refractivity contribution is 6.35. The molecule has 5 nitrogen and oxygen atoms in total. The molecule has 18 heavy (non-hydrogen) atoms. The Labute approximate surface area is 112 Å². The van der Waals surface area contributed by atoms with Crippen molar-refractivity contribution in [2.75, 3.05) is 0 Å². The minimum atomic E-state index is -0.677. The third kappa shape index (κ3) is 2.48. The van der Waals surface area contributed by atoms with E-state index in [0.717, 1.165) is 0 Å². The first-order chi connectivity index (χ1) is 8.49. The molecule has 0 radical (unpaired) electrons. The Morgan fingerprint density at radius 2 is 2.00 bits per heavy atom. The minimum absolute atomic E-state index is 0.269. The highest BCUT2D eigenvalue weighted by Crippen LogP contribution is 2.30. The van der Waals surface area contributed by atoms with Crippen molar-refractivity contribution in [3.05, 3.63) is 61.8 Å². The van der Waals surface area contributed by atoms with Crippen LogP contribution in [0.3, 0.4) is 0 Å². The Morgan fingerprint density at radius 3 is 2.56 bits per heavy atom. The van der Waals surface area contributed by atoms with Crippen molar-refractivity contribution in [1.82, 2.24) is 0 Å². The van der Waals surface area contributed by atoms with Crippen LogP contribution in [0.5, 0.6) is 0 Å². The molecule has 7 heteroatoms. The van der Waals surface area contributed by atoms with Crippen molar-refractivity contribution in [1.29, 1.82) is 0 Å². The van der Waals surface area contributed by atoms with Gasteiger partial charge in [-0.2, -0.15) is 0 Å². The molecule has 2 aromatic rings. The molecular weight excluding hydrogens is 279 g/mol. The molecule has 0 saturated carbocycles. The van der Waals surface area contributed by atoms with Crippen LogP contribution < -0.4 is 5.73 Å². The van der Waals surface area contributed by atoms with Crippen molar-refractivity contribution in [2.45, 2.75) is 6.04 Å². The van der Waals surface area contributed by atoms with E-state index in [1.807, 2.05) is 0 Å². The van der Waals surface area contributed by atoms with E-state index in [2.05, 4.69) is 0 Å². The molecule has 0 aliphatic rings. The van der Waals surface area contributed by atoms with Gasteiger partial charge in [0.15, 0.2) is 0 Å². The number of benzene rings is 1. The van der Waals surface area contributed by atoms with Gasteiger partial charge < -0.3 is 10.2 Å². The van der Waals surface area contributed by atoms with E-state index in [1.165, 1.54) is 12.1 Å². The molecule has 0 amide bonds. The first-order valence-corrected chi connectivity index (χ1v) is 5.69. The fourth-order valence-electron chi connectivity index (χ4n) is 1.51. The van der Waals surface area contributed by atoms with Crippen LogP contribution in [-0.2, 0) is 0 Å². The smallest absolute Gasteiger partial charge is 0.404 e. The molecule has 0 aliphatic carbocycles. The van der Waals surface area contributed by atoms with Gasteiger partial charge in [-0.1, -0.05) is 29.3 Å². The van der Waals surface area contributed by atoms with Gasteiger partial charge in [0.2, 0.25) is 0 Å². The van der Waals surface area contributed by atoms with Crippen molar-refractivity contribution >= 4 is 29.1 Å². The summed E-state index contributed by atoms with van der Waals surface area (Å²) in [5, 5.41) is 11.4. The van der Waals surface area contributed by atoms with Gasteiger partial charge in [-0.05, 0) is 23.8 Å². The standard InChI is InChI=1S/C11H8Cl2N2O3/c12-6-1-2-7(8(13)5-6)11(14)9-3-4-10(18-9)15(16)17/h1-5,11H,14H2. The summed E-state index contributed by atoms with van der Waals surface area (Å²) >= 11 is 11.8. The summed E-state index contributed by atoms with van der Waals surface area (Å²) in [4.78, 5) is 9.89. The summed E-state index contributed by atoms with van der Waals surface area (Å²) < 4.78 is 5.03. The summed E-state index contributed by atoms with van der Waals surface area (Å²) in [7, 11) is 0. The number of furan rings is 1. The Hall–Kier alpha value is -1.56. The molecule has 2 N–H and O–H groups in total. The van der Waals surface area contributed by atoms with E-state index in [0.29, 0.717) is 15.6 Å². The Kier molecular flexibility index (Phi) is 3.56. The van der Waals surface area contributed by atoms with E-state index >= 15 is 0 Å². The molecule has 0 bridgehead atoms. The Balaban J connectivity index is 2.35. The van der Waals surface area contributed by atoms with Crippen LogP contribution >= 0.6 is 23.2 Å². The molecular formula is C11H8Cl2N2O3. The quantitative estimate of drug-likeness (QED) is 0.691. The lowest BCUT2D eigenvalue weighted by molar-refractivity contribution is -0.402. The first kappa shape index (κ1) is 12.9. The fourth-order valence-corrected chi connectivity index (χ4v) is 2.04. The number of nitrogens with zero attached hydrogens (tertiary/aromatic N) is 1. The number of nitrogens with two attached hydrogens (primary N) is 1. The zero-order valence-electron chi connectivity index (χ0n) is 8.97. The van der Waals surface area contributed by atoms with Crippen molar-refractivity contribution in [3.63, 3.8) is 0 Å². The van der Waals surface area contributed by atoms with E-state index < -0.39 is 11.0 Å². The molecule has 1 heterocycles. The maximum Gasteiger partial charge on any atom is 0.433 e. The molecule has 0 spiro atoms. The highest BCUT2D eigenvalue weighted by atomic mass is 35.5. The van der Waals surface area contributed by atoms with Gasteiger partial charge in [0.05, 0.1) is 12.1 Å². The number of hydrogen-bond donors (Lipinski definition) is 1. The topological polar surface area (TPSA) is 82.3 Å². The van der Waals surface area contributed by atoms with Gasteiger partial charge in [0.1, 0.15) is 10.7 Å². The summed E-state index contributed by atoms with van der Waals surface area (Å²) in [5.41, 5.74) is 6.53. The molecule has 1 atom stereocenters. The van der Waals surface area contributed by atoms with Crippen molar-refractivity contribution in [2.24, 2.45) is 5.73 Å². The second-order valence-corrected chi connectivity index (χ2v) is 4.42. The van der Waals surface area contributed by atoms with Gasteiger partial charge >= 0.3 is 5.88 Å². The highest BCUT2D eigenvalue weighted by Gasteiger charge is 2.20. The van der Waals surface area contributed by atoms with Crippen LogP contribution in [-0.4, -0.2) is 4.92 Å². The SMILES string of the molecule is NC(c1ccc([N+](=O)[O-])o1)c1ccc(Cl)cc1Cl. The number of hydrogen-bond acceptors (Lipinski definition) is 4. The first-order valence-electron chi connectivity index (χ1n) is 4.93. The molecule has 2 rings (SSSR count). The van der Waals surface area contributed by atoms with Crippen molar-refractivity contribution < 1.29 is 9.34 Å². The Morgan fingerprint density at radius 1 is 1.28 bits per heavy atom. The zero-order valence-corrected chi connectivity index (χ0v) is 10.5. The van der Waals surface area contributed by atoms with Gasteiger partial charge in [-0.25, -0.2) is 0 Å². The number of rotatable bonds is 3. The molecule has 1 aromatic carbocycles. The lowest BCUT2D eigenvalue weighted by Crippen LogP contribution is -2.11. The third-order valence-corrected chi connectivity index (χ3v) is 2.96. The average molecular weight is 287 g/mol. The summed E-state index contributed by atoms with van der Waals surface area (Å²) in [6, 6.07) is 6.87. The van der Waals surface area contributed by atoms with Crippen LogP contribution in [0.2, 0.25) is 10.0 Å². The third-order valence-electron chi connectivity index (χ3n) is 2.40. The van der Waals surface area contributed by atoms with E-state index in [-0.39, 0.29) is 11.6 Å². The van der Waals surface area contributed by atoms with Crippen LogP contribution in [0.25, 0.3) is 0 Å². The summed E-state index contributed by atoms with van der Waals surface area (Å²) in [5.74, 6) is -0.0866. The number of nitro groups is 1. The molecule has 1 unspecified atom stereocenters. The van der Waals surface area contributed by atoms with Crippen molar-refractivity contribution in [3.8, 4) is 0 Å². The summed E-state index contributed by atoms with van der Waals surface area (Å²) in [6.07, 6.45) is 0. The van der Waals surface area contributed by atoms with Crippen LogP contribution in [0.15, 0.2) is 34.7 Å². The maximum absolute atomic E-state index is 10.5. The predicted molar refractivity (Wildman–Crippen MR) is 67.9 cm³/mol. The largest absolute Gasteiger partial charge is 0.433 e. The van der Waals surface area contributed by atoms with E-state index in [9.17, 15) is 10.1 Å². The van der Waals surface area contributed by atoms with Crippen LogP contribution in [0.4, 0.5) is 5.88 Å². The zero-order chi connectivity index (χ0) is 13.3. The van der Waals surface area contributed by atoms with Gasteiger partial charge in [0, 0.05) is 10.0 Å². The summed E-state index contributed by atoms with van der Waals surface area (Å²) in [6.45, 7) is 0. The van der Waals surface area contributed by atoms with Gasteiger partial charge in [0.25, 0.3) is 0 Å². The lowest BCUT2D eigenvalue weighted by atomic mass is 10.1. The molecule has 0 saturated heterocycles. The average Bonchev–Trinajstić information content (AvgIpc) is 2.77. The lowest BCUT2D eigenvalue weighted by Gasteiger charge is -2.10. The molecule has 94 valence electrons. The van der Waals surface area contributed by atoms with E-state index in [1.54, 1.807) is 18.2 Å². The monoisotopic (exact) mass is 286 g/mol. The van der Waals surface area contributed by atoms with E-state index in [4.69, 9.17) is 33.4 Å². The maximum atomic E-state index is 10.5. The minimum Gasteiger partial charge on any atom is -0.404 e. The predicted octanol–water partition coefficient (Wildman–Crippen LogP) is 3.54. The number of halogens is 2. The second-order valence-electron chi connectivity index (χ2n) is 3.58.